The zero-order valence-corrected chi connectivity index (χ0v) is 11.3. The van der Waals surface area contributed by atoms with Gasteiger partial charge in [-0.25, -0.2) is 0 Å². The number of methoxy groups -OCH3 is 1. The zero-order valence-electron chi connectivity index (χ0n) is 10.5. The molecule has 1 rings (SSSR count). The summed E-state index contributed by atoms with van der Waals surface area (Å²) >= 11 is -0.425. The summed E-state index contributed by atoms with van der Waals surface area (Å²) in [6.45, 7) is -0.0627. The van der Waals surface area contributed by atoms with Gasteiger partial charge < -0.3 is 10.5 Å². The maximum atomic E-state index is 12.6. The topological polar surface area (TPSA) is 76.1 Å². The van der Waals surface area contributed by atoms with Gasteiger partial charge >= 0.3 is 11.5 Å². The molecule has 0 aromatic heterocycles. The van der Waals surface area contributed by atoms with Crippen molar-refractivity contribution in [3.8, 4) is 6.07 Å². The van der Waals surface area contributed by atoms with Crippen LogP contribution in [0.15, 0.2) is 17.0 Å². The molecule has 0 bridgehead atoms. The number of hydrogen-bond acceptors (Lipinski definition) is 5. The molecular formula is C12H11F3N2O2S. The number of alkyl halides is 3. The first-order valence-electron chi connectivity index (χ1n) is 5.39. The maximum absolute atomic E-state index is 12.6. The molecule has 20 heavy (non-hydrogen) atoms. The first-order valence-corrected chi connectivity index (χ1v) is 6.21. The van der Waals surface area contributed by atoms with Crippen molar-refractivity contribution < 1.29 is 22.7 Å². The Morgan fingerprint density at radius 2 is 2.05 bits per heavy atom. The van der Waals surface area contributed by atoms with Gasteiger partial charge in [0, 0.05) is 11.4 Å². The van der Waals surface area contributed by atoms with E-state index in [2.05, 4.69) is 4.74 Å². The summed E-state index contributed by atoms with van der Waals surface area (Å²) in [5, 5.41) is 9.04. The van der Waals surface area contributed by atoms with Crippen LogP contribution in [0.3, 0.4) is 0 Å². The van der Waals surface area contributed by atoms with E-state index in [9.17, 15) is 18.0 Å². The highest BCUT2D eigenvalue weighted by atomic mass is 32.2. The highest BCUT2D eigenvalue weighted by Gasteiger charge is 2.32. The van der Waals surface area contributed by atoms with E-state index >= 15 is 0 Å². The Kier molecular flexibility index (Phi) is 5.42. The van der Waals surface area contributed by atoms with Gasteiger partial charge in [0.25, 0.3) is 0 Å². The summed E-state index contributed by atoms with van der Waals surface area (Å²) in [5.41, 5.74) is 1.07. The van der Waals surface area contributed by atoms with Crippen LogP contribution in [-0.2, 0) is 22.5 Å². The minimum atomic E-state index is -4.57. The molecule has 1 aromatic carbocycles. The van der Waals surface area contributed by atoms with E-state index < -0.39 is 23.2 Å². The molecule has 0 unspecified atom stereocenters. The molecule has 0 heterocycles. The lowest BCUT2D eigenvalue weighted by molar-refractivity contribution is -0.139. The molecule has 1 aromatic rings. The van der Waals surface area contributed by atoms with Gasteiger partial charge in [-0.15, -0.1) is 0 Å². The molecule has 0 aliphatic heterocycles. The summed E-state index contributed by atoms with van der Waals surface area (Å²) in [6, 6.07) is 4.51. The van der Waals surface area contributed by atoms with Gasteiger partial charge in [0.05, 0.1) is 19.1 Å². The van der Waals surface area contributed by atoms with Crippen LogP contribution in [0.4, 0.5) is 13.2 Å². The van der Waals surface area contributed by atoms with Crippen molar-refractivity contribution in [3.05, 3.63) is 28.8 Å². The average molecular weight is 304 g/mol. The molecule has 0 fully saturated rings. The molecule has 8 heteroatoms. The number of nitrogens with zero attached hydrogens (tertiary/aromatic N) is 1. The second-order valence-corrected chi connectivity index (χ2v) is 4.78. The number of benzene rings is 1. The van der Waals surface area contributed by atoms with Gasteiger partial charge in [0.1, 0.15) is 6.07 Å². The fourth-order valence-corrected chi connectivity index (χ4v) is 2.34. The first kappa shape index (κ1) is 16.3. The van der Waals surface area contributed by atoms with Gasteiger partial charge in [0.2, 0.25) is 0 Å². The molecule has 108 valence electrons. The number of rotatable bonds is 4. The fourth-order valence-electron chi connectivity index (χ4n) is 1.56. The lowest BCUT2D eigenvalue weighted by Gasteiger charge is -2.14. The second-order valence-electron chi connectivity index (χ2n) is 3.70. The zero-order chi connectivity index (χ0) is 15.3. The van der Waals surface area contributed by atoms with Gasteiger partial charge in [-0.1, -0.05) is 12.1 Å². The summed E-state index contributed by atoms with van der Waals surface area (Å²) in [7, 11) is 1.14. The van der Waals surface area contributed by atoms with Gasteiger partial charge in [-0.2, -0.15) is 18.4 Å². The van der Waals surface area contributed by atoms with Crippen LogP contribution >= 0.6 is 11.8 Å². The average Bonchev–Trinajstić information content (AvgIpc) is 2.38. The number of esters is 1. The lowest BCUT2D eigenvalue weighted by atomic mass is 10.0. The molecule has 0 aliphatic carbocycles. The molecule has 0 spiro atoms. The molecule has 0 radical (unpaired) electrons. The minimum Gasteiger partial charge on any atom is -0.469 e. The van der Waals surface area contributed by atoms with Crippen LogP contribution in [0.5, 0.6) is 0 Å². The summed E-state index contributed by atoms with van der Waals surface area (Å²) in [4.78, 5) is 10.9. The van der Waals surface area contributed by atoms with Crippen LogP contribution < -0.4 is 5.73 Å². The van der Waals surface area contributed by atoms with E-state index in [1.165, 1.54) is 12.1 Å². The van der Waals surface area contributed by atoms with Crippen LogP contribution in [0.2, 0.25) is 0 Å². The largest absolute Gasteiger partial charge is 0.469 e. The van der Waals surface area contributed by atoms with Crippen molar-refractivity contribution in [2.24, 2.45) is 5.73 Å². The normalized spacial score (nSPS) is 11.0. The second kappa shape index (κ2) is 6.63. The third kappa shape index (κ3) is 4.15. The third-order valence-electron chi connectivity index (χ3n) is 2.44. The van der Waals surface area contributed by atoms with E-state index in [4.69, 9.17) is 11.0 Å². The fraction of sp³-hybridized carbons (Fsp3) is 0.333. The molecule has 0 aliphatic rings. The molecule has 0 atom stereocenters. The lowest BCUT2D eigenvalue weighted by Crippen LogP contribution is -2.11. The molecular weight excluding hydrogens is 293 g/mol. The number of halogens is 3. The van der Waals surface area contributed by atoms with Crippen LogP contribution in [0.25, 0.3) is 0 Å². The number of thioether (sulfide) groups is 1. The Morgan fingerprint density at radius 3 is 2.50 bits per heavy atom. The monoisotopic (exact) mass is 304 g/mol. The summed E-state index contributed by atoms with van der Waals surface area (Å²) in [6.07, 6.45) is -0.339. The highest BCUT2D eigenvalue weighted by Crippen LogP contribution is 2.41. The number of carbonyl (C=O) groups excluding carboxylic acids is 1. The third-order valence-corrected chi connectivity index (χ3v) is 3.34. The predicted octanol–water partition coefficient (Wildman–Crippen LogP) is 2.34. The highest BCUT2D eigenvalue weighted by molar-refractivity contribution is 8.00. The van der Waals surface area contributed by atoms with Gasteiger partial charge in [0.15, 0.2) is 0 Å². The van der Waals surface area contributed by atoms with E-state index in [1.54, 1.807) is 6.07 Å². The SMILES string of the molecule is COC(=O)Cc1ccc(CN)c(C#N)c1SC(F)(F)F. The smallest absolute Gasteiger partial charge is 0.446 e. The standard InChI is InChI=1S/C12H11F3N2O2S/c1-19-10(18)4-7-2-3-8(5-16)9(6-17)11(7)20-12(13,14)15/h2-3H,4-5,16H2,1H3. The Morgan fingerprint density at radius 1 is 1.45 bits per heavy atom. The molecule has 4 nitrogen and oxygen atoms in total. The van der Waals surface area contributed by atoms with E-state index in [1.807, 2.05) is 0 Å². The minimum absolute atomic E-state index is 0.0627. The molecule has 0 saturated carbocycles. The van der Waals surface area contributed by atoms with E-state index in [-0.39, 0.29) is 29.0 Å². The number of ether oxygens (including phenoxy) is 1. The molecule has 0 saturated heterocycles. The maximum Gasteiger partial charge on any atom is 0.446 e. The van der Waals surface area contributed by atoms with Crippen LogP contribution in [-0.4, -0.2) is 18.6 Å². The van der Waals surface area contributed by atoms with Crippen molar-refractivity contribution in [3.63, 3.8) is 0 Å². The number of nitrogens with two attached hydrogens (primary N) is 1. The van der Waals surface area contributed by atoms with Crippen molar-refractivity contribution in [2.45, 2.75) is 23.4 Å². The van der Waals surface area contributed by atoms with Crippen molar-refractivity contribution >= 4 is 17.7 Å². The Labute approximate surface area is 117 Å². The van der Waals surface area contributed by atoms with Crippen molar-refractivity contribution in [2.75, 3.05) is 7.11 Å². The Balaban J connectivity index is 3.36. The molecule has 2 N–H and O–H groups in total. The van der Waals surface area contributed by atoms with E-state index in [0.717, 1.165) is 7.11 Å². The Bertz CT molecular complexity index is 553. The van der Waals surface area contributed by atoms with E-state index in [0.29, 0.717) is 5.56 Å². The number of hydrogen-bond donors (Lipinski definition) is 1. The molecule has 0 amide bonds. The first-order chi connectivity index (χ1) is 9.32. The Hall–Kier alpha value is -1.72. The van der Waals surface area contributed by atoms with Crippen molar-refractivity contribution in [1.29, 1.82) is 5.26 Å². The summed E-state index contributed by atoms with van der Waals surface area (Å²) in [5.74, 6) is -0.682. The van der Waals surface area contributed by atoms with Crippen molar-refractivity contribution in [1.82, 2.24) is 0 Å². The predicted molar refractivity (Wildman–Crippen MR) is 66.7 cm³/mol. The number of carbonyl (C=O) groups is 1. The van der Waals surface area contributed by atoms with Crippen LogP contribution in [0.1, 0.15) is 16.7 Å². The van der Waals surface area contributed by atoms with Gasteiger partial charge in [-0.3, -0.25) is 4.79 Å². The quantitative estimate of drug-likeness (QED) is 0.682. The number of nitriles is 1. The summed E-state index contributed by atoms with van der Waals surface area (Å²) < 4.78 is 42.2. The van der Waals surface area contributed by atoms with Gasteiger partial charge in [-0.05, 0) is 22.9 Å². The van der Waals surface area contributed by atoms with Crippen LogP contribution in [0, 0.1) is 11.3 Å².